The van der Waals surface area contributed by atoms with Crippen LogP contribution in [0.15, 0.2) is 53.6 Å². The first-order valence-corrected chi connectivity index (χ1v) is 6.63. The Morgan fingerprint density at radius 1 is 1.27 bits per heavy atom. The minimum Gasteiger partial charge on any atom is -0.495 e. The van der Waals surface area contributed by atoms with Crippen molar-refractivity contribution in [1.82, 2.24) is 5.43 Å². The number of carbonyl (C=O) groups is 1. The molecule has 0 spiro atoms. The van der Waals surface area contributed by atoms with Crippen molar-refractivity contribution < 1.29 is 13.9 Å². The summed E-state index contributed by atoms with van der Waals surface area (Å²) in [6.07, 6.45) is 1.38. The first kappa shape index (κ1) is 15.5. The minimum atomic E-state index is -0.354. The van der Waals surface area contributed by atoms with Crippen LogP contribution in [0.1, 0.15) is 5.56 Å². The molecule has 0 fully saturated rings. The van der Waals surface area contributed by atoms with Crippen molar-refractivity contribution >= 4 is 17.8 Å². The van der Waals surface area contributed by atoms with Gasteiger partial charge < -0.3 is 10.1 Å². The van der Waals surface area contributed by atoms with Gasteiger partial charge in [-0.15, -0.1) is 0 Å². The SMILES string of the molecule is COc1ccccc1NCC(=O)NN=Cc1cccc(F)c1. The van der Waals surface area contributed by atoms with Gasteiger partial charge in [0.25, 0.3) is 5.91 Å². The number of nitrogens with one attached hydrogen (secondary N) is 2. The first-order chi connectivity index (χ1) is 10.7. The van der Waals surface area contributed by atoms with E-state index >= 15 is 0 Å². The summed E-state index contributed by atoms with van der Waals surface area (Å²) in [7, 11) is 1.56. The van der Waals surface area contributed by atoms with Crippen LogP contribution in [0.2, 0.25) is 0 Å². The highest BCUT2D eigenvalue weighted by molar-refractivity contribution is 5.84. The fourth-order valence-corrected chi connectivity index (χ4v) is 1.77. The van der Waals surface area contributed by atoms with Crippen LogP contribution >= 0.6 is 0 Å². The Bertz CT molecular complexity index is 674. The second-order valence-electron chi connectivity index (χ2n) is 4.40. The van der Waals surface area contributed by atoms with Crippen LogP contribution in [0.3, 0.4) is 0 Å². The monoisotopic (exact) mass is 301 g/mol. The quantitative estimate of drug-likeness (QED) is 0.636. The van der Waals surface area contributed by atoms with E-state index in [1.807, 2.05) is 18.2 Å². The molecule has 22 heavy (non-hydrogen) atoms. The molecule has 2 rings (SSSR count). The fourth-order valence-electron chi connectivity index (χ4n) is 1.77. The standard InChI is InChI=1S/C16H16FN3O2/c1-22-15-8-3-2-7-14(15)18-11-16(21)20-19-10-12-5-4-6-13(17)9-12/h2-10,18H,11H2,1H3,(H,20,21). The van der Waals surface area contributed by atoms with Crippen LogP contribution < -0.4 is 15.5 Å². The Balaban J connectivity index is 1.83. The number of benzene rings is 2. The maximum atomic E-state index is 13.0. The molecule has 2 aromatic rings. The van der Waals surface area contributed by atoms with Gasteiger partial charge in [0.1, 0.15) is 11.6 Å². The number of hydrazone groups is 1. The normalized spacial score (nSPS) is 10.5. The number of halogens is 1. The van der Waals surface area contributed by atoms with Gasteiger partial charge in [0.2, 0.25) is 0 Å². The molecule has 0 unspecified atom stereocenters. The van der Waals surface area contributed by atoms with E-state index in [-0.39, 0.29) is 18.3 Å². The summed E-state index contributed by atoms with van der Waals surface area (Å²) in [5.41, 5.74) is 3.65. The molecule has 0 saturated carbocycles. The van der Waals surface area contributed by atoms with E-state index in [1.54, 1.807) is 25.3 Å². The summed E-state index contributed by atoms with van der Waals surface area (Å²) in [6, 6.07) is 13.2. The van der Waals surface area contributed by atoms with Crippen molar-refractivity contribution in [2.45, 2.75) is 0 Å². The molecule has 0 radical (unpaired) electrons. The molecule has 0 saturated heterocycles. The number of amides is 1. The van der Waals surface area contributed by atoms with E-state index in [9.17, 15) is 9.18 Å². The predicted molar refractivity (Wildman–Crippen MR) is 83.6 cm³/mol. The van der Waals surface area contributed by atoms with E-state index in [0.29, 0.717) is 17.0 Å². The van der Waals surface area contributed by atoms with E-state index in [1.165, 1.54) is 18.3 Å². The Hall–Kier alpha value is -2.89. The van der Waals surface area contributed by atoms with Gasteiger partial charge in [-0.1, -0.05) is 24.3 Å². The summed E-state index contributed by atoms with van der Waals surface area (Å²) in [6.45, 7) is 0.0425. The van der Waals surface area contributed by atoms with Crippen LogP contribution in [0, 0.1) is 5.82 Å². The van der Waals surface area contributed by atoms with Gasteiger partial charge in [-0.25, -0.2) is 9.82 Å². The number of anilines is 1. The number of methoxy groups -OCH3 is 1. The van der Waals surface area contributed by atoms with Gasteiger partial charge in [0, 0.05) is 0 Å². The van der Waals surface area contributed by atoms with Crippen molar-refractivity contribution in [2.75, 3.05) is 19.0 Å². The average molecular weight is 301 g/mol. The fraction of sp³-hybridized carbons (Fsp3) is 0.125. The zero-order valence-electron chi connectivity index (χ0n) is 12.0. The topological polar surface area (TPSA) is 62.7 Å². The zero-order valence-corrected chi connectivity index (χ0v) is 12.0. The number of para-hydroxylation sites is 2. The first-order valence-electron chi connectivity index (χ1n) is 6.63. The van der Waals surface area contributed by atoms with Crippen LogP contribution in [0.4, 0.5) is 10.1 Å². The Morgan fingerprint density at radius 3 is 2.86 bits per heavy atom. The summed E-state index contributed by atoms with van der Waals surface area (Å²) < 4.78 is 18.1. The third kappa shape index (κ3) is 4.59. The second kappa shape index (κ2) is 7.78. The van der Waals surface area contributed by atoms with Crippen molar-refractivity contribution in [3.63, 3.8) is 0 Å². The number of nitrogens with zero attached hydrogens (tertiary/aromatic N) is 1. The molecular formula is C16H16FN3O2. The third-order valence-electron chi connectivity index (χ3n) is 2.80. The molecule has 0 heterocycles. The summed E-state index contributed by atoms with van der Waals surface area (Å²) in [5.74, 6) is -0.0229. The number of hydrogen-bond donors (Lipinski definition) is 2. The lowest BCUT2D eigenvalue weighted by Gasteiger charge is -2.09. The van der Waals surface area contributed by atoms with Gasteiger partial charge in [-0.05, 0) is 29.8 Å². The molecule has 1 amide bonds. The second-order valence-corrected chi connectivity index (χ2v) is 4.40. The van der Waals surface area contributed by atoms with E-state index < -0.39 is 0 Å². The van der Waals surface area contributed by atoms with Crippen LogP contribution in [-0.4, -0.2) is 25.8 Å². The molecule has 0 aliphatic heterocycles. The van der Waals surface area contributed by atoms with Gasteiger partial charge in [0.15, 0.2) is 0 Å². The summed E-state index contributed by atoms with van der Waals surface area (Å²) in [5, 5.41) is 6.73. The van der Waals surface area contributed by atoms with E-state index in [2.05, 4.69) is 15.8 Å². The molecule has 6 heteroatoms. The van der Waals surface area contributed by atoms with Gasteiger partial charge >= 0.3 is 0 Å². The molecule has 2 aromatic carbocycles. The van der Waals surface area contributed by atoms with Crippen molar-refractivity contribution in [1.29, 1.82) is 0 Å². The Labute approximate surface area is 127 Å². The maximum Gasteiger partial charge on any atom is 0.259 e. The molecule has 114 valence electrons. The van der Waals surface area contributed by atoms with Gasteiger partial charge in [-0.2, -0.15) is 5.10 Å². The highest BCUT2D eigenvalue weighted by Gasteiger charge is 2.03. The van der Waals surface area contributed by atoms with Gasteiger partial charge in [0.05, 0.1) is 25.6 Å². The summed E-state index contributed by atoms with van der Waals surface area (Å²) >= 11 is 0. The highest BCUT2D eigenvalue weighted by Crippen LogP contribution is 2.22. The lowest BCUT2D eigenvalue weighted by molar-refractivity contribution is -0.119. The smallest absolute Gasteiger partial charge is 0.259 e. The lowest BCUT2D eigenvalue weighted by atomic mass is 10.2. The van der Waals surface area contributed by atoms with Crippen molar-refractivity contribution in [3.8, 4) is 5.75 Å². The lowest BCUT2D eigenvalue weighted by Crippen LogP contribution is -2.26. The van der Waals surface area contributed by atoms with E-state index in [4.69, 9.17) is 4.74 Å². The number of rotatable bonds is 6. The molecule has 0 aliphatic carbocycles. The molecule has 0 atom stereocenters. The minimum absolute atomic E-state index is 0.0425. The van der Waals surface area contributed by atoms with E-state index in [0.717, 1.165) is 0 Å². The predicted octanol–water partition coefficient (Wildman–Crippen LogP) is 2.40. The maximum absolute atomic E-state index is 13.0. The van der Waals surface area contributed by atoms with Crippen molar-refractivity contribution in [3.05, 3.63) is 59.9 Å². The number of ether oxygens (including phenoxy) is 1. The number of hydrogen-bond acceptors (Lipinski definition) is 4. The Morgan fingerprint density at radius 2 is 2.09 bits per heavy atom. The summed E-state index contributed by atoms with van der Waals surface area (Å²) in [4.78, 5) is 11.7. The average Bonchev–Trinajstić information content (AvgIpc) is 2.53. The highest BCUT2D eigenvalue weighted by atomic mass is 19.1. The van der Waals surface area contributed by atoms with Crippen molar-refractivity contribution in [2.24, 2.45) is 5.10 Å². The largest absolute Gasteiger partial charge is 0.495 e. The van der Waals surface area contributed by atoms with Gasteiger partial charge in [-0.3, -0.25) is 4.79 Å². The number of carbonyl (C=O) groups excluding carboxylic acids is 1. The Kier molecular flexibility index (Phi) is 5.48. The molecule has 0 bridgehead atoms. The molecule has 2 N–H and O–H groups in total. The van der Waals surface area contributed by atoms with Crippen LogP contribution in [0.25, 0.3) is 0 Å². The molecule has 0 aromatic heterocycles. The molecular weight excluding hydrogens is 285 g/mol. The molecule has 0 aliphatic rings. The zero-order chi connectivity index (χ0) is 15.8. The third-order valence-corrected chi connectivity index (χ3v) is 2.80. The van der Waals surface area contributed by atoms with Crippen LogP contribution in [-0.2, 0) is 4.79 Å². The van der Waals surface area contributed by atoms with Crippen LogP contribution in [0.5, 0.6) is 5.75 Å². The molecule has 5 nitrogen and oxygen atoms in total.